The fraction of sp³-hybridized carbons (Fsp3) is 0.630. The second-order valence-electron chi connectivity index (χ2n) is 9.14. The first kappa shape index (κ1) is 21.2. The molecule has 0 spiro atoms. The van der Waals surface area contributed by atoms with Crippen molar-refractivity contribution < 1.29 is 4.74 Å². The van der Waals surface area contributed by atoms with Crippen LogP contribution in [-0.4, -0.2) is 6.61 Å². The number of ether oxygens (including phenoxy) is 1. The first-order chi connectivity index (χ1) is 13.7. The maximum atomic E-state index is 6.05. The summed E-state index contributed by atoms with van der Waals surface area (Å²) in [6.45, 7) is 5.39. The lowest BCUT2D eigenvalue weighted by molar-refractivity contribution is 0.237. The fourth-order valence-corrected chi connectivity index (χ4v) is 4.54. The van der Waals surface area contributed by atoms with Crippen molar-refractivity contribution in [3.63, 3.8) is 0 Å². The molecule has 0 aliphatic heterocycles. The average molecular weight is 381 g/mol. The molecule has 2 atom stereocenters. The molecule has 0 aromatic heterocycles. The highest BCUT2D eigenvalue weighted by Gasteiger charge is 2.15. The van der Waals surface area contributed by atoms with Gasteiger partial charge in [0.1, 0.15) is 5.75 Å². The van der Waals surface area contributed by atoms with Crippen LogP contribution in [0.15, 0.2) is 47.6 Å². The topological polar surface area (TPSA) is 9.23 Å². The van der Waals surface area contributed by atoms with Gasteiger partial charge in [-0.1, -0.05) is 55.2 Å². The Balaban J connectivity index is 1.34. The van der Waals surface area contributed by atoms with E-state index in [1.807, 2.05) is 0 Å². The lowest BCUT2D eigenvalue weighted by atomic mass is 9.84. The zero-order valence-corrected chi connectivity index (χ0v) is 18.2. The molecule has 1 nitrogen and oxygen atoms in total. The van der Waals surface area contributed by atoms with E-state index in [0.29, 0.717) is 5.92 Å². The molecular weight excluding hydrogens is 340 g/mol. The van der Waals surface area contributed by atoms with Crippen molar-refractivity contribution in [2.75, 3.05) is 6.61 Å². The molecule has 2 aliphatic carbocycles. The van der Waals surface area contributed by atoms with Crippen molar-refractivity contribution >= 4 is 0 Å². The Kier molecular flexibility index (Phi) is 8.70. The van der Waals surface area contributed by atoms with Crippen molar-refractivity contribution in [1.82, 2.24) is 0 Å². The van der Waals surface area contributed by atoms with Gasteiger partial charge in [-0.15, -0.1) is 0 Å². The van der Waals surface area contributed by atoms with Gasteiger partial charge in [0.15, 0.2) is 0 Å². The minimum absolute atomic E-state index is 0.689. The number of unbranched alkanes of at least 4 members (excludes halogenated alkanes) is 2. The van der Waals surface area contributed by atoms with E-state index in [0.717, 1.165) is 18.3 Å². The van der Waals surface area contributed by atoms with E-state index in [9.17, 15) is 0 Å². The number of benzene rings is 1. The third-order valence-electron chi connectivity index (χ3n) is 6.71. The first-order valence-electron chi connectivity index (χ1n) is 11.8. The predicted octanol–water partition coefficient (Wildman–Crippen LogP) is 8.05. The van der Waals surface area contributed by atoms with Gasteiger partial charge in [-0.2, -0.15) is 0 Å². The van der Waals surface area contributed by atoms with Gasteiger partial charge < -0.3 is 4.74 Å². The third-order valence-corrected chi connectivity index (χ3v) is 6.71. The standard InChI is InChI=1S/C27H40O/c1-3-4-5-6-23-11-13-24(14-12-23)15-16-25-17-19-27(20-18-25)28-21-26-9-7-22(2)8-10-26/h7,11,17-20,24,26H,3-6,8-10,12-16,21H2,1-2H3. The van der Waals surface area contributed by atoms with Crippen molar-refractivity contribution in [2.45, 2.75) is 90.9 Å². The highest BCUT2D eigenvalue weighted by molar-refractivity contribution is 5.27. The van der Waals surface area contributed by atoms with E-state index in [-0.39, 0.29) is 0 Å². The third kappa shape index (κ3) is 7.15. The summed E-state index contributed by atoms with van der Waals surface area (Å²) >= 11 is 0. The minimum Gasteiger partial charge on any atom is -0.493 e. The second kappa shape index (κ2) is 11.5. The summed E-state index contributed by atoms with van der Waals surface area (Å²) in [4.78, 5) is 0. The molecule has 0 N–H and O–H groups in total. The first-order valence-corrected chi connectivity index (χ1v) is 11.8. The maximum Gasteiger partial charge on any atom is 0.119 e. The monoisotopic (exact) mass is 380 g/mol. The lowest BCUT2D eigenvalue weighted by Crippen LogP contribution is -2.14. The van der Waals surface area contributed by atoms with Crippen LogP contribution in [0, 0.1) is 11.8 Å². The highest BCUT2D eigenvalue weighted by Crippen LogP contribution is 2.30. The number of rotatable bonds is 10. The van der Waals surface area contributed by atoms with Crippen molar-refractivity contribution in [2.24, 2.45) is 11.8 Å². The Morgan fingerprint density at radius 3 is 2.36 bits per heavy atom. The van der Waals surface area contributed by atoms with Gasteiger partial charge in [-0.05, 0) is 101 Å². The highest BCUT2D eigenvalue weighted by atomic mass is 16.5. The molecule has 1 aromatic rings. The van der Waals surface area contributed by atoms with Crippen LogP contribution in [0.25, 0.3) is 0 Å². The van der Waals surface area contributed by atoms with E-state index in [4.69, 9.17) is 4.74 Å². The number of hydrogen-bond acceptors (Lipinski definition) is 1. The van der Waals surface area contributed by atoms with E-state index in [1.54, 1.807) is 11.1 Å². The molecule has 0 heterocycles. The minimum atomic E-state index is 0.689. The van der Waals surface area contributed by atoms with Crippen LogP contribution in [-0.2, 0) is 6.42 Å². The van der Waals surface area contributed by atoms with Gasteiger partial charge in [0.2, 0.25) is 0 Å². The number of allylic oxidation sites excluding steroid dienone is 4. The quantitative estimate of drug-likeness (QED) is 0.295. The van der Waals surface area contributed by atoms with Crippen molar-refractivity contribution in [3.8, 4) is 5.75 Å². The normalized spacial score (nSPS) is 22.5. The van der Waals surface area contributed by atoms with Crippen LogP contribution in [0.2, 0.25) is 0 Å². The zero-order valence-electron chi connectivity index (χ0n) is 18.2. The molecule has 154 valence electrons. The Labute approximate surface area is 173 Å². The molecule has 1 heteroatoms. The molecule has 0 saturated heterocycles. The van der Waals surface area contributed by atoms with Crippen LogP contribution < -0.4 is 4.74 Å². The van der Waals surface area contributed by atoms with Gasteiger partial charge in [-0.25, -0.2) is 0 Å². The zero-order chi connectivity index (χ0) is 19.6. The Hall–Kier alpha value is -1.50. The molecule has 2 aliphatic rings. The average Bonchev–Trinajstić information content (AvgIpc) is 2.74. The molecule has 0 saturated carbocycles. The predicted molar refractivity (Wildman–Crippen MR) is 121 cm³/mol. The van der Waals surface area contributed by atoms with E-state index >= 15 is 0 Å². The summed E-state index contributed by atoms with van der Waals surface area (Å²) in [6.07, 6.45) is 20.7. The van der Waals surface area contributed by atoms with Crippen molar-refractivity contribution in [3.05, 3.63) is 53.1 Å². The molecule has 1 aromatic carbocycles. The van der Waals surface area contributed by atoms with E-state index in [2.05, 4.69) is 50.3 Å². The molecule has 0 amide bonds. The van der Waals surface area contributed by atoms with Crippen LogP contribution in [0.5, 0.6) is 5.75 Å². The van der Waals surface area contributed by atoms with Crippen molar-refractivity contribution in [1.29, 1.82) is 0 Å². The molecule has 3 rings (SSSR count). The number of hydrogen-bond donors (Lipinski definition) is 0. The molecule has 0 bridgehead atoms. The maximum absolute atomic E-state index is 6.05. The SMILES string of the molecule is CCCCCC1=CCC(CCc2ccc(OCC3CC=C(C)CC3)cc2)CC1. The van der Waals surface area contributed by atoms with Crippen LogP contribution >= 0.6 is 0 Å². The van der Waals surface area contributed by atoms with Gasteiger partial charge in [-0.3, -0.25) is 0 Å². The van der Waals surface area contributed by atoms with Crippen LogP contribution in [0.4, 0.5) is 0 Å². The van der Waals surface area contributed by atoms with E-state index in [1.165, 1.54) is 82.6 Å². The van der Waals surface area contributed by atoms with Gasteiger partial charge in [0.25, 0.3) is 0 Å². The Bertz CT molecular complexity index is 637. The van der Waals surface area contributed by atoms with Crippen LogP contribution in [0.1, 0.15) is 90.0 Å². The molecule has 0 radical (unpaired) electrons. The van der Waals surface area contributed by atoms with Gasteiger partial charge in [0.05, 0.1) is 6.61 Å². The largest absolute Gasteiger partial charge is 0.493 e. The lowest BCUT2D eigenvalue weighted by Gasteiger charge is -2.22. The van der Waals surface area contributed by atoms with Crippen LogP contribution in [0.3, 0.4) is 0 Å². The Morgan fingerprint density at radius 1 is 0.893 bits per heavy atom. The Morgan fingerprint density at radius 2 is 1.68 bits per heavy atom. The number of aryl methyl sites for hydroxylation is 1. The summed E-state index contributed by atoms with van der Waals surface area (Å²) in [7, 11) is 0. The molecule has 0 fully saturated rings. The fourth-order valence-electron chi connectivity index (χ4n) is 4.54. The smallest absolute Gasteiger partial charge is 0.119 e. The van der Waals surface area contributed by atoms with Gasteiger partial charge >= 0.3 is 0 Å². The summed E-state index contributed by atoms with van der Waals surface area (Å²) < 4.78 is 6.05. The van der Waals surface area contributed by atoms with Gasteiger partial charge in [0, 0.05) is 0 Å². The molecular formula is C27H40O. The summed E-state index contributed by atoms with van der Waals surface area (Å²) in [5.41, 5.74) is 4.73. The van der Waals surface area contributed by atoms with E-state index < -0.39 is 0 Å². The molecule has 2 unspecified atom stereocenters. The molecule has 28 heavy (non-hydrogen) atoms. The summed E-state index contributed by atoms with van der Waals surface area (Å²) in [5, 5.41) is 0. The summed E-state index contributed by atoms with van der Waals surface area (Å²) in [5.74, 6) is 2.61. The second-order valence-corrected chi connectivity index (χ2v) is 9.14. The summed E-state index contributed by atoms with van der Waals surface area (Å²) in [6, 6.07) is 8.89.